The van der Waals surface area contributed by atoms with Gasteiger partial charge < -0.3 is 14.1 Å². The molecular weight excluding hydrogens is 406 g/mol. The smallest absolute Gasteiger partial charge is 0.289 e. The molecule has 4 rings (SSSR count). The Kier molecular flexibility index (Phi) is 5.34. The van der Waals surface area contributed by atoms with Gasteiger partial charge in [0.1, 0.15) is 11.3 Å². The van der Waals surface area contributed by atoms with E-state index >= 15 is 0 Å². The molecule has 0 bridgehead atoms. The van der Waals surface area contributed by atoms with Crippen molar-refractivity contribution in [2.75, 3.05) is 20.2 Å². The molecule has 7 nitrogen and oxygen atoms in total. The van der Waals surface area contributed by atoms with Crippen LogP contribution in [0, 0.1) is 0 Å². The molecule has 8 heteroatoms. The second-order valence-corrected chi connectivity index (χ2v) is 9.41. The number of methoxy groups -OCH3 is 1. The van der Waals surface area contributed by atoms with Gasteiger partial charge in [0.25, 0.3) is 5.91 Å². The van der Waals surface area contributed by atoms with Crippen molar-refractivity contribution in [1.29, 1.82) is 0 Å². The Morgan fingerprint density at radius 2 is 1.73 bits per heavy atom. The molecule has 3 aromatic rings. The molecular formula is C22H21NO6S. The van der Waals surface area contributed by atoms with Gasteiger partial charge in [0.15, 0.2) is 21.0 Å². The quantitative estimate of drug-likeness (QED) is 0.636. The first kappa shape index (κ1) is 20.2. The van der Waals surface area contributed by atoms with Gasteiger partial charge in [0.05, 0.1) is 22.6 Å². The minimum atomic E-state index is -3.50. The summed E-state index contributed by atoms with van der Waals surface area (Å²) in [6.45, 7) is 0.546. The number of piperidine rings is 1. The fourth-order valence-electron chi connectivity index (χ4n) is 3.69. The van der Waals surface area contributed by atoms with E-state index in [1.54, 1.807) is 36.4 Å². The van der Waals surface area contributed by atoms with Crippen LogP contribution in [-0.2, 0) is 9.84 Å². The molecule has 0 radical (unpaired) electrons. The molecule has 1 aromatic heterocycles. The highest BCUT2D eigenvalue weighted by Gasteiger charge is 2.33. The largest absolute Gasteiger partial charge is 0.497 e. The first-order valence-electron chi connectivity index (χ1n) is 9.60. The van der Waals surface area contributed by atoms with Crippen LogP contribution in [0.1, 0.15) is 23.4 Å². The number of para-hydroxylation sites is 1. The van der Waals surface area contributed by atoms with Crippen LogP contribution in [0.2, 0.25) is 0 Å². The van der Waals surface area contributed by atoms with Crippen molar-refractivity contribution in [2.24, 2.45) is 0 Å². The van der Waals surface area contributed by atoms with Gasteiger partial charge in [0, 0.05) is 19.2 Å². The molecule has 0 spiro atoms. The van der Waals surface area contributed by atoms with E-state index in [2.05, 4.69) is 0 Å². The third-order valence-electron chi connectivity index (χ3n) is 5.40. The molecule has 1 aliphatic rings. The number of nitrogens with zero attached hydrogens (tertiary/aromatic N) is 1. The number of benzene rings is 2. The van der Waals surface area contributed by atoms with Gasteiger partial charge >= 0.3 is 0 Å². The van der Waals surface area contributed by atoms with E-state index in [4.69, 9.17) is 9.15 Å². The van der Waals surface area contributed by atoms with Gasteiger partial charge in [0.2, 0.25) is 0 Å². The molecule has 1 amide bonds. The zero-order valence-corrected chi connectivity index (χ0v) is 17.2. The van der Waals surface area contributed by atoms with E-state index in [9.17, 15) is 18.0 Å². The molecule has 30 heavy (non-hydrogen) atoms. The predicted molar refractivity (Wildman–Crippen MR) is 112 cm³/mol. The fraction of sp³-hybridized carbons (Fsp3) is 0.273. The molecule has 1 saturated heterocycles. The summed E-state index contributed by atoms with van der Waals surface area (Å²) in [4.78, 5) is 26.9. The van der Waals surface area contributed by atoms with Crippen LogP contribution in [0.25, 0.3) is 11.0 Å². The van der Waals surface area contributed by atoms with E-state index in [0.29, 0.717) is 29.6 Å². The van der Waals surface area contributed by atoms with Crippen LogP contribution in [0.15, 0.2) is 68.7 Å². The summed E-state index contributed by atoms with van der Waals surface area (Å²) in [7, 11) is -1.98. The summed E-state index contributed by atoms with van der Waals surface area (Å²) in [6, 6.07) is 14.3. The molecule has 2 aromatic carbocycles. The van der Waals surface area contributed by atoms with Gasteiger partial charge in [-0.05, 0) is 49.2 Å². The minimum absolute atomic E-state index is 0.0323. The van der Waals surface area contributed by atoms with Crippen molar-refractivity contribution in [3.63, 3.8) is 0 Å². The van der Waals surface area contributed by atoms with Crippen LogP contribution in [-0.4, -0.2) is 44.7 Å². The predicted octanol–water partition coefficient (Wildman–Crippen LogP) is 2.88. The summed E-state index contributed by atoms with van der Waals surface area (Å²) in [6.07, 6.45) is 0.635. The summed E-state index contributed by atoms with van der Waals surface area (Å²) < 4.78 is 36.5. The zero-order valence-electron chi connectivity index (χ0n) is 16.4. The molecule has 156 valence electrons. The van der Waals surface area contributed by atoms with Gasteiger partial charge in [-0.1, -0.05) is 12.1 Å². The van der Waals surface area contributed by atoms with Crippen LogP contribution in [0.4, 0.5) is 0 Å². The maximum Gasteiger partial charge on any atom is 0.289 e. The highest BCUT2D eigenvalue weighted by Crippen LogP contribution is 2.27. The fourth-order valence-corrected chi connectivity index (χ4v) is 5.42. The zero-order chi connectivity index (χ0) is 21.3. The number of amides is 1. The van der Waals surface area contributed by atoms with Crippen molar-refractivity contribution in [3.05, 3.63) is 70.6 Å². The third kappa shape index (κ3) is 3.70. The number of likely N-dealkylation sites (tertiary alicyclic amines) is 1. The number of ether oxygens (including phenoxy) is 1. The average Bonchev–Trinajstić information content (AvgIpc) is 2.78. The van der Waals surface area contributed by atoms with Crippen molar-refractivity contribution >= 4 is 26.7 Å². The molecule has 0 N–H and O–H groups in total. The van der Waals surface area contributed by atoms with Gasteiger partial charge in [-0.2, -0.15) is 0 Å². The number of fused-ring (bicyclic) bond motifs is 1. The van der Waals surface area contributed by atoms with E-state index in [1.165, 1.54) is 30.2 Å². The highest BCUT2D eigenvalue weighted by atomic mass is 32.2. The summed E-state index contributed by atoms with van der Waals surface area (Å²) in [5.41, 5.74) is 0.0717. The first-order valence-corrected chi connectivity index (χ1v) is 11.1. The maximum atomic E-state index is 12.9. The molecule has 0 aliphatic carbocycles. The van der Waals surface area contributed by atoms with E-state index in [-0.39, 0.29) is 29.2 Å². The Balaban J connectivity index is 1.49. The normalized spacial score (nSPS) is 15.3. The lowest BCUT2D eigenvalue weighted by atomic mass is 10.1. The number of sulfone groups is 1. The van der Waals surface area contributed by atoms with Gasteiger partial charge in [-0.3, -0.25) is 9.59 Å². The van der Waals surface area contributed by atoms with Crippen molar-refractivity contribution in [3.8, 4) is 5.75 Å². The number of hydrogen-bond donors (Lipinski definition) is 0. The summed E-state index contributed by atoms with van der Waals surface area (Å²) >= 11 is 0. The molecule has 1 aliphatic heterocycles. The van der Waals surface area contributed by atoms with E-state index in [0.717, 1.165) is 0 Å². The van der Waals surface area contributed by atoms with Crippen molar-refractivity contribution < 1.29 is 22.4 Å². The minimum Gasteiger partial charge on any atom is -0.497 e. The molecule has 0 saturated carbocycles. The Bertz CT molecular complexity index is 1240. The SMILES string of the molecule is COc1ccc(S(=O)(=O)C2CCN(C(=O)c3cc(=O)c4ccccc4o3)CC2)cc1. The maximum absolute atomic E-state index is 12.9. The molecule has 2 heterocycles. The van der Waals surface area contributed by atoms with Crippen molar-refractivity contribution in [2.45, 2.75) is 23.0 Å². The lowest BCUT2D eigenvalue weighted by Crippen LogP contribution is -2.42. The Labute approximate surface area is 173 Å². The van der Waals surface area contributed by atoms with E-state index in [1.807, 2.05) is 0 Å². The first-order chi connectivity index (χ1) is 14.4. The highest BCUT2D eigenvalue weighted by molar-refractivity contribution is 7.92. The lowest BCUT2D eigenvalue weighted by molar-refractivity contribution is 0.0694. The number of rotatable bonds is 4. The summed E-state index contributed by atoms with van der Waals surface area (Å²) in [5, 5.41) is -0.156. The number of carbonyl (C=O) groups excluding carboxylic acids is 1. The number of hydrogen-bond acceptors (Lipinski definition) is 6. The molecule has 0 atom stereocenters. The van der Waals surface area contributed by atoms with E-state index < -0.39 is 21.0 Å². The average molecular weight is 427 g/mol. The standard InChI is InChI=1S/C22H21NO6S/c1-28-15-6-8-16(9-7-15)30(26,27)17-10-12-23(13-11-17)22(25)21-14-19(24)18-4-2-3-5-20(18)29-21/h2-9,14,17H,10-13H2,1H3. The monoisotopic (exact) mass is 427 g/mol. The molecule has 0 unspecified atom stereocenters. The van der Waals surface area contributed by atoms with Crippen LogP contribution < -0.4 is 10.2 Å². The Morgan fingerprint density at radius 3 is 2.40 bits per heavy atom. The van der Waals surface area contributed by atoms with Crippen LogP contribution >= 0.6 is 0 Å². The Morgan fingerprint density at radius 1 is 1.07 bits per heavy atom. The Hall–Kier alpha value is -3.13. The summed E-state index contributed by atoms with van der Waals surface area (Å²) in [5.74, 6) is 0.152. The second-order valence-electron chi connectivity index (χ2n) is 7.18. The van der Waals surface area contributed by atoms with Gasteiger partial charge in [-0.15, -0.1) is 0 Å². The topological polar surface area (TPSA) is 93.9 Å². The second kappa shape index (κ2) is 7.95. The molecule has 1 fully saturated rings. The number of carbonyl (C=O) groups is 1. The van der Waals surface area contributed by atoms with Crippen molar-refractivity contribution in [1.82, 2.24) is 4.90 Å². The van der Waals surface area contributed by atoms with Crippen LogP contribution in [0.3, 0.4) is 0 Å². The van der Waals surface area contributed by atoms with Gasteiger partial charge in [-0.25, -0.2) is 8.42 Å². The third-order valence-corrected chi connectivity index (χ3v) is 7.68. The van der Waals surface area contributed by atoms with Crippen LogP contribution in [0.5, 0.6) is 5.75 Å². The lowest BCUT2D eigenvalue weighted by Gasteiger charge is -2.31.